The zero-order valence-corrected chi connectivity index (χ0v) is 11.0. The summed E-state index contributed by atoms with van der Waals surface area (Å²) in [4.78, 5) is 3.88. The van der Waals surface area contributed by atoms with Gasteiger partial charge in [0.05, 0.1) is 5.69 Å². The van der Waals surface area contributed by atoms with Crippen LogP contribution in [0.5, 0.6) is 0 Å². The van der Waals surface area contributed by atoms with E-state index in [1.54, 1.807) is 12.1 Å². The van der Waals surface area contributed by atoms with Crippen molar-refractivity contribution in [2.75, 3.05) is 0 Å². The van der Waals surface area contributed by atoms with Crippen LogP contribution in [-0.2, 0) is 6.18 Å². The van der Waals surface area contributed by atoms with Gasteiger partial charge >= 0.3 is 6.18 Å². The Labute approximate surface area is 122 Å². The van der Waals surface area contributed by atoms with Crippen molar-refractivity contribution in [3.05, 3.63) is 66.2 Å². The summed E-state index contributed by atoms with van der Waals surface area (Å²) in [6, 6.07) is 10.6. The van der Waals surface area contributed by atoms with Crippen LogP contribution in [0.2, 0.25) is 0 Å². The normalized spacial score (nSPS) is 11.6. The van der Waals surface area contributed by atoms with Gasteiger partial charge in [0.1, 0.15) is 5.82 Å². The summed E-state index contributed by atoms with van der Waals surface area (Å²) in [5.41, 5.74) is -0.454. The van der Waals surface area contributed by atoms with Crippen LogP contribution in [0.4, 0.5) is 17.6 Å². The van der Waals surface area contributed by atoms with Crippen LogP contribution in [0.3, 0.4) is 0 Å². The van der Waals surface area contributed by atoms with E-state index in [2.05, 4.69) is 10.1 Å². The van der Waals surface area contributed by atoms with Crippen LogP contribution in [-0.4, -0.2) is 14.8 Å². The fraction of sp³-hybridized carbons (Fsp3) is 0.0667. The third-order valence-corrected chi connectivity index (χ3v) is 3.01. The minimum absolute atomic E-state index is 0.0585. The topological polar surface area (TPSA) is 30.7 Å². The van der Waals surface area contributed by atoms with Gasteiger partial charge in [0.25, 0.3) is 0 Å². The second kappa shape index (κ2) is 5.25. The molecule has 0 aliphatic heterocycles. The van der Waals surface area contributed by atoms with Crippen LogP contribution in [0.15, 0.2) is 54.7 Å². The smallest absolute Gasteiger partial charge is 0.237 e. The van der Waals surface area contributed by atoms with Crippen molar-refractivity contribution in [1.82, 2.24) is 14.8 Å². The van der Waals surface area contributed by atoms with E-state index in [9.17, 15) is 17.6 Å². The van der Waals surface area contributed by atoms with Gasteiger partial charge in [-0.05, 0) is 42.5 Å². The third kappa shape index (κ3) is 2.69. The molecule has 0 unspecified atom stereocenters. The number of aromatic nitrogens is 3. The Hall–Kier alpha value is -2.70. The molecule has 0 saturated carbocycles. The predicted octanol–water partition coefficient (Wildman–Crippen LogP) is 4.09. The first-order valence-corrected chi connectivity index (χ1v) is 6.30. The van der Waals surface area contributed by atoms with Gasteiger partial charge in [-0.15, -0.1) is 0 Å². The highest BCUT2D eigenvalue weighted by atomic mass is 19.4. The highest BCUT2D eigenvalue weighted by molar-refractivity contribution is 5.60. The van der Waals surface area contributed by atoms with E-state index in [4.69, 9.17) is 0 Å². The lowest BCUT2D eigenvalue weighted by Crippen LogP contribution is -2.13. The van der Waals surface area contributed by atoms with Crippen LogP contribution in [0.25, 0.3) is 17.1 Å². The van der Waals surface area contributed by atoms with Gasteiger partial charge in [0.2, 0.25) is 0 Å². The summed E-state index contributed by atoms with van der Waals surface area (Å²) < 4.78 is 53.2. The Morgan fingerprint density at radius 3 is 2.27 bits per heavy atom. The van der Waals surface area contributed by atoms with Crippen molar-refractivity contribution in [3.8, 4) is 17.1 Å². The largest absolute Gasteiger partial charge is 0.433 e. The highest BCUT2D eigenvalue weighted by Gasteiger charge is 2.36. The fourth-order valence-electron chi connectivity index (χ4n) is 2.00. The Bertz CT molecular complexity index is 777. The molecule has 0 bridgehead atoms. The Morgan fingerprint density at radius 2 is 1.68 bits per heavy atom. The molecule has 112 valence electrons. The number of hydrogen-bond acceptors (Lipinski definition) is 2. The number of alkyl halides is 3. The van der Waals surface area contributed by atoms with Gasteiger partial charge in [0.15, 0.2) is 11.5 Å². The number of halogens is 4. The predicted molar refractivity (Wildman–Crippen MR) is 71.8 cm³/mol. The average Bonchev–Trinajstić information content (AvgIpc) is 2.94. The molecular weight excluding hydrogens is 298 g/mol. The minimum atomic E-state index is -4.58. The first-order valence-electron chi connectivity index (χ1n) is 6.30. The molecule has 0 spiro atoms. The SMILES string of the molecule is Fc1ccc(-c2cc(C(F)(F)F)n(-c3ccccn3)n2)cc1. The summed E-state index contributed by atoms with van der Waals surface area (Å²) >= 11 is 0. The van der Waals surface area contributed by atoms with Crippen molar-refractivity contribution >= 4 is 0 Å². The maximum atomic E-state index is 13.2. The Balaban J connectivity index is 2.15. The third-order valence-electron chi connectivity index (χ3n) is 3.01. The first kappa shape index (κ1) is 14.2. The van der Waals surface area contributed by atoms with Gasteiger partial charge in [-0.1, -0.05) is 6.07 Å². The zero-order chi connectivity index (χ0) is 15.7. The van der Waals surface area contributed by atoms with E-state index >= 15 is 0 Å². The Morgan fingerprint density at radius 1 is 0.955 bits per heavy atom. The summed E-state index contributed by atoms with van der Waals surface area (Å²) in [6.45, 7) is 0. The van der Waals surface area contributed by atoms with E-state index < -0.39 is 17.7 Å². The average molecular weight is 307 g/mol. The molecule has 22 heavy (non-hydrogen) atoms. The number of rotatable bonds is 2. The van der Waals surface area contributed by atoms with Crippen LogP contribution < -0.4 is 0 Å². The van der Waals surface area contributed by atoms with Gasteiger partial charge < -0.3 is 0 Å². The van der Waals surface area contributed by atoms with Gasteiger partial charge in [-0.2, -0.15) is 18.3 Å². The minimum Gasteiger partial charge on any atom is -0.237 e. The fourth-order valence-corrected chi connectivity index (χ4v) is 2.00. The monoisotopic (exact) mass is 307 g/mol. The molecule has 3 aromatic rings. The van der Waals surface area contributed by atoms with Gasteiger partial charge in [0, 0.05) is 11.8 Å². The van der Waals surface area contributed by atoms with E-state index in [1.165, 1.54) is 36.5 Å². The quantitative estimate of drug-likeness (QED) is 0.668. The highest BCUT2D eigenvalue weighted by Crippen LogP contribution is 2.33. The maximum Gasteiger partial charge on any atom is 0.433 e. The number of pyridine rings is 1. The molecule has 0 amide bonds. The van der Waals surface area contributed by atoms with E-state index in [0.29, 0.717) is 5.56 Å². The first-order chi connectivity index (χ1) is 10.4. The van der Waals surface area contributed by atoms with Gasteiger partial charge in [-0.25, -0.2) is 14.1 Å². The van der Waals surface area contributed by atoms with Gasteiger partial charge in [-0.3, -0.25) is 0 Å². The second-order valence-corrected chi connectivity index (χ2v) is 4.52. The molecule has 0 fully saturated rings. The molecule has 0 N–H and O–H groups in total. The molecule has 0 aliphatic carbocycles. The Kier molecular flexibility index (Phi) is 3.40. The molecule has 2 aromatic heterocycles. The molecule has 3 nitrogen and oxygen atoms in total. The van der Waals surface area contributed by atoms with Crippen molar-refractivity contribution in [2.45, 2.75) is 6.18 Å². The van der Waals surface area contributed by atoms with E-state index in [-0.39, 0.29) is 11.5 Å². The molecule has 3 rings (SSSR count). The summed E-state index contributed by atoms with van der Waals surface area (Å²) in [5, 5.41) is 3.96. The van der Waals surface area contributed by atoms with Crippen molar-refractivity contribution in [1.29, 1.82) is 0 Å². The van der Waals surface area contributed by atoms with Crippen molar-refractivity contribution in [3.63, 3.8) is 0 Å². The van der Waals surface area contributed by atoms with Crippen molar-refractivity contribution < 1.29 is 17.6 Å². The number of benzene rings is 1. The van der Waals surface area contributed by atoms with E-state index in [0.717, 1.165) is 10.7 Å². The summed E-state index contributed by atoms with van der Waals surface area (Å²) in [7, 11) is 0. The molecule has 0 aliphatic rings. The van der Waals surface area contributed by atoms with Crippen LogP contribution in [0.1, 0.15) is 5.69 Å². The zero-order valence-electron chi connectivity index (χ0n) is 11.0. The maximum absolute atomic E-state index is 13.2. The van der Waals surface area contributed by atoms with Crippen LogP contribution >= 0.6 is 0 Å². The van der Waals surface area contributed by atoms with Crippen LogP contribution in [0, 0.1) is 5.82 Å². The standard InChI is InChI=1S/C15H9F4N3/c16-11-6-4-10(5-7-11)12-9-13(15(17,18)19)22(21-12)14-3-1-2-8-20-14/h1-9H. The lowest BCUT2D eigenvalue weighted by Gasteiger charge is -2.08. The second-order valence-electron chi connectivity index (χ2n) is 4.52. The molecular formula is C15H9F4N3. The summed E-state index contributed by atoms with van der Waals surface area (Å²) in [5.74, 6) is -0.410. The molecule has 0 saturated heterocycles. The number of hydrogen-bond donors (Lipinski definition) is 0. The van der Waals surface area contributed by atoms with E-state index in [1.807, 2.05) is 0 Å². The molecule has 7 heteroatoms. The lowest BCUT2D eigenvalue weighted by molar-refractivity contribution is -0.142. The number of nitrogens with zero attached hydrogens (tertiary/aromatic N) is 3. The molecule has 2 heterocycles. The molecule has 0 atom stereocenters. The van der Waals surface area contributed by atoms with Crippen molar-refractivity contribution in [2.24, 2.45) is 0 Å². The summed E-state index contributed by atoms with van der Waals surface area (Å²) in [6.07, 6.45) is -3.20. The molecule has 0 radical (unpaired) electrons. The lowest BCUT2D eigenvalue weighted by atomic mass is 10.1. The molecule has 1 aromatic carbocycles.